The summed E-state index contributed by atoms with van der Waals surface area (Å²) in [6.45, 7) is 6.16. The first-order valence-electron chi connectivity index (χ1n) is 2.31. The van der Waals surface area contributed by atoms with Crippen LogP contribution in [-0.4, -0.2) is 5.75 Å². The van der Waals surface area contributed by atoms with Gasteiger partial charge >= 0.3 is 11.7 Å². The zero-order valence-electron chi connectivity index (χ0n) is 5.02. The van der Waals surface area contributed by atoms with E-state index in [4.69, 9.17) is 0 Å². The van der Waals surface area contributed by atoms with Gasteiger partial charge < -0.3 is 0 Å². The van der Waals surface area contributed by atoms with E-state index in [2.05, 4.69) is 20.8 Å². The smallest absolute Gasteiger partial charge is 0.0549 e. The summed E-state index contributed by atoms with van der Waals surface area (Å²) < 4.78 is 9.86. The second kappa shape index (κ2) is 2.36. The maximum absolute atomic E-state index is 9.86. The van der Waals surface area contributed by atoms with Crippen molar-refractivity contribution < 1.29 is 4.21 Å². The van der Waals surface area contributed by atoms with Crippen LogP contribution in [0.4, 0.5) is 0 Å². The van der Waals surface area contributed by atoms with Gasteiger partial charge in [-0.05, 0) is 0 Å². The quantitative estimate of drug-likeness (QED) is 0.478. The van der Waals surface area contributed by atoms with Crippen LogP contribution < -0.4 is 0 Å². The molecule has 7 heavy (non-hydrogen) atoms. The molecule has 0 unspecified atom stereocenters. The second-order valence-corrected chi connectivity index (χ2v) is 3.35. The zero-order valence-corrected chi connectivity index (χ0v) is 5.84. The Bertz CT molecular complexity index is 63.0. The van der Waals surface area contributed by atoms with Gasteiger partial charge in [-0.1, -0.05) is 20.8 Å². The fourth-order valence-electron chi connectivity index (χ4n) is 0.177. The van der Waals surface area contributed by atoms with E-state index >= 15 is 0 Å². The van der Waals surface area contributed by atoms with Crippen LogP contribution in [0.5, 0.6) is 0 Å². The summed E-state index contributed by atoms with van der Waals surface area (Å²) in [6.07, 6.45) is 0. The van der Waals surface area contributed by atoms with Gasteiger partial charge in [0.05, 0.1) is 0 Å². The van der Waals surface area contributed by atoms with Gasteiger partial charge in [0.1, 0.15) is 0 Å². The van der Waals surface area contributed by atoms with Crippen LogP contribution in [0.2, 0.25) is 0 Å². The van der Waals surface area contributed by atoms with Crippen molar-refractivity contribution in [1.82, 2.24) is 0 Å². The van der Waals surface area contributed by atoms with Crippen LogP contribution in [-0.2, 0) is 15.9 Å². The van der Waals surface area contributed by atoms with Crippen molar-refractivity contribution in [2.45, 2.75) is 20.8 Å². The maximum atomic E-state index is 9.86. The zero-order chi connectivity index (χ0) is 5.91. The minimum atomic E-state index is 0.201. The van der Waals surface area contributed by atoms with E-state index in [1.54, 1.807) is 0 Å². The lowest BCUT2D eigenvalue weighted by molar-refractivity contribution is 0.473. The summed E-state index contributed by atoms with van der Waals surface area (Å²) in [4.78, 5) is 0. The number of hydrogen-bond acceptors (Lipinski definition) is 1. The fourth-order valence-corrected chi connectivity index (χ4v) is 0.530. The Hall–Kier alpha value is 0.0200. The Morgan fingerprint density at radius 3 is 1.86 bits per heavy atom. The average molecular weight is 119 g/mol. The van der Waals surface area contributed by atoms with Crippen molar-refractivity contribution in [2.24, 2.45) is 5.41 Å². The highest BCUT2D eigenvalue weighted by Gasteiger charge is 2.17. The molecule has 0 aromatic rings. The molecule has 0 amide bonds. The Morgan fingerprint density at radius 1 is 1.43 bits per heavy atom. The molecule has 0 bridgehead atoms. The summed E-state index contributed by atoms with van der Waals surface area (Å²) in [6, 6.07) is 0. The molecule has 0 aromatic heterocycles. The predicted molar refractivity (Wildman–Crippen MR) is 32.4 cm³/mol. The molecule has 0 saturated heterocycles. The molecule has 0 saturated carbocycles. The first-order valence-corrected chi connectivity index (χ1v) is 3.22. The van der Waals surface area contributed by atoms with E-state index in [-0.39, 0.29) is 5.41 Å². The molecule has 0 radical (unpaired) electrons. The predicted octanol–water partition coefficient (Wildman–Crippen LogP) is 1.46. The SMILES string of the molecule is CC(C)(C)C[S+]=O. The Kier molecular flexibility index (Phi) is 2.37. The summed E-state index contributed by atoms with van der Waals surface area (Å²) in [5.41, 5.74) is 0.201. The van der Waals surface area contributed by atoms with Crippen LogP contribution in [0.15, 0.2) is 0 Å². The van der Waals surface area contributed by atoms with E-state index < -0.39 is 0 Å². The monoisotopic (exact) mass is 119 g/mol. The topological polar surface area (TPSA) is 17.1 Å². The van der Waals surface area contributed by atoms with Crippen LogP contribution in [0.1, 0.15) is 20.8 Å². The minimum absolute atomic E-state index is 0.201. The van der Waals surface area contributed by atoms with Crippen LogP contribution in [0.3, 0.4) is 0 Å². The molecular formula is C5H11OS+. The Labute approximate surface area is 48.6 Å². The lowest BCUT2D eigenvalue weighted by atomic mass is 10.0. The van der Waals surface area contributed by atoms with Gasteiger partial charge in [-0.15, -0.1) is 0 Å². The fraction of sp³-hybridized carbons (Fsp3) is 1.00. The van der Waals surface area contributed by atoms with Crippen molar-refractivity contribution in [3.63, 3.8) is 0 Å². The van der Waals surface area contributed by atoms with E-state index in [9.17, 15) is 4.21 Å². The van der Waals surface area contributed by atoms with E-state index in [1.165, 1.54) is 0 Å². The normalized spacial score (nSPS) is 11.3. The molecule has 0 aliphatic rings. The molecule has 0 aliphatic carbocycles. The van der Waals surface area contributed by atoms with Crippen molar-refractivity contribution in [3.05, 3.63) is 0 Å². The molecule has 0 fully saturated rings. The molecule has 0 N–H and O–H groups in total. The minimum Gasteiger partial charge on any atom is -0.0549 e. The molecule has 0 spiro atoms. The third-order valence-corrected chi connectivity index (χ3v) is 1.48. The number of hydrogen-bond donors (Lipinski definition) is 0. The third kappa shape index (κ3) is 6.02. The highest BCUT2D eigenvalue weighted by atomic mass is 32.1. The van der Waals surface area contributed by atoms with Crippen molar-refractivity contribution >= 4 is 11.7 Å². The Balaban J connectivity index is 3.34. The Morgan fingerprint density at radius 2 is 1.86 bits per heavy atom. The standard InChI is InChI=1S/C5H11OS/c1-5(2,3)4-7-6/h4H2,1-3H3/q+1. The summed E-state index contributed by atoms with van der Waals surface area (Å²) in [7, 11) is 0. The second-order valence-electron chi connectivity index (χ2n) is 2.82. The molecule has 0 aromatic carbocycles. The highest BCUT2D eigenvalue weighted by Crippen LogP contribution is 2.10. The van der Waals surface area contributed by atoms with Gasteiger partial charge in [-0.25, -0.2) is 0 Å². The molecule has 42 valence electrons. The van der Waals surface area contributed by atoms with Gasteiger partial charge in [-0.2, -0.15) is 0 Å². The molecule has 0 rings (SSSR count). The number of rotatable bonds is 1. The van der Waals surface area contributed by atoms with Gasteiger partial charge in [0.25, 0.3) is 0 Å². The van der Waals surface area contributed by atoms with E-state index in [0.29, 0.717) is 17.4 Å². The van der Waals surface area contributed by atoms with Crippen LogP contribution in [0, 0.1) is 5.41 Å². The summed E-state index contributed by atoms with van der Waals surface area (Å²) in [5, 5.41) is 0. The van der Waals surface area contributed by atoms with Gasteiger partial charge in [0, 0.05) is 9.62 Å². The largest absolute Gasteiger partial charge is 0.459 e. The van der Waals surface area contributed by atoms with E-state index in [0.717, 1.165) is 0 Å². The molecule has 2 heteroatoms. The lowest BCUT2D eigenvalue weighted by Crippen LogP contribution is -2.09. The van der Waals surface area contributed by atoms with Crippen molar-refractivity contribution in [1.29, 1.82) is 0 Å². The van der Waals surface area contributed by atoms with Crippen molar-refractivity contribution in [2.75, 3.05) is 5.75 Å². The average Bonchev–Trinajstić information content (AvgIpc) is 1.30. The van der Waals surface area contributed by atoms with Crippen LogP contribution in [0.25, 0.3) is 0 Å². The molecule has 0 aliphatic heterocycles. The highest BCUT2D eigenvalue weighted by molar-refractivity contribution is 7.65. The summed E-state index contributed by atoms with van der Waals surface area (Å²) in [5.74, 6) is 0.701. The molecule has 0 heterocycles. The van der Waals surface area contributed by atoms with Crippen LogP contribution >= 0.6 is 0 Å². The first-order chi connectivity index (χ1) is 3.06. The molecule has 0 atom stereocenters. The van der Waals surface area contributed by atoms with Gasteiger partial charge in [0.2, 0.25) is 5.75 Å². The maximum Gasteiger partial charge on any atom is 0.459 e. The van der Waals surface area contributed by atoms with Crippen molar-refractivity contribution in [3.8, 4) is 0 Å². The molecule has 1 nitrogen and oxygen atoms in total. The first kappa shape index (κ1) is 7.02. The van der Waals surface area contributed by atoms with Gasteiger partial charge in [0.15, 0.2) is 0 Å². The van der Waals surface area contributed by atoms with E-state index in [1.807, 2.05) is 0 Å². The molecular weight excluding hydrogens is 108 g/mol. The summed E-state index contributed by atoms with van der Waals surface area (Å²) >= 11 is 0.659. The third-order valence-electron chi connectivity index (χ3n) is 0.492. The van der Waals surface area contributed by atoms with Gasteiger partial charge in [-0.3, -0.25) is 0 Å². The lowest BCUT2D eigenvalue weighted by Gasteiger charge is -2.04.